The molecule has 26 heavy (non-hydrogen) atoms. The minimum absolute atomic E-state index is 0.00404. The zero-order valence-corrected chi connectivity index (χ0v) is 14.0. The molecule has 0 aromatic heterocycles. The van der Waals surface area contributed by atoms with Crippen LogP contribution in [-0.2, 0) is 28.5 Å². The van der Waals surface area contributed by atoms with E-state index in [1.54, 1.807) is 12.1 Å². The average Bonchev–Trinajstić information content (AvgIpc) is 2.67. The van der Waals surface area contributed by atoms with Crippen molar-refractivity contribution in [1.82, 2.24) is 0 Å². The fraction of sp³-hybridized carbons (Fsp3) is 0.222. The summed E-state index contributed by atoms with van der Waals surface area (Å²) in [5, 5.41) is 0. The Labute approximate surface area is 150 Å². The fourth-order valence-electron chi connectivity index (χ4n) is 1.67. The second-order valence-electron chi connectivity index (χ2n) is 4.56. The molecule has 0 amide bonds. The van der Waals surface area contributed by atoms with Gasteiger partial charge in [0.2, 0.25) is 0 Å². The molecule has 0 saturated heterocycles. The maximum absolute atomic E-state index is 12.1. The third kappa shape index (κ3) is 7.00. The van der Waals surface area contributed by atoms with Gasteiger partial charge in [-0.2, -0.15) is 0 Å². The Morgan fingerprint density at radius 2 is 1.04 bits per heavy atom. The lowest BCUT2D eigenvalue weighted by molar-refractivity contribution is -0.139. The number of hydrogen-bond donors (Lipinski definition) is 0. The molecule has 0 bridgehead atoms. The van der Waals surface area contributed by atoms with E-state index in [9.17, 15) is 19.2 Å². The van der Waals surface area contributed by atoms with E-state index in [1.165, 1.54) is 12.1 Å². The Bertz CT molecular complexity index is 633. The molecular weight excluding hydrogens is 344 g/mol. The summed E-state index contributed by atoms with van der Waals surface area (Å²) in [6.07, 6.45) is 1.97. The first kappa shape index (κ1) is 20.6. The van der Waals surface area contributed by atoms with Crippen LogP contribution in [0.1, 0.15) is 20.7 Å². The van der Waals surface area contributed by atoms with Crippen LogP contribution in [0.3, 0.4) is 0 Å². The molecule has 0 atom stereocenters. The Morgan fingerprint density at radius 1 is 0.692 bits per heavy atom. The molecule has 8 heteroatoms. The van der Waals surface area contributed by atoms with E-state index in [4.69, 9.17) is 9.47 Å². The highest BCUT2D eigenvalue weighted by Crippen LogP contribution is 2.12. The molecule has 0 aliphatic heterocycles. The van der Waals surface area contributed by atoms with Crippen molar-refractivity contribution in [3.05, 3.63) is 60.7 Å². The molecule has 0 fully saturated rings. The van der Waals surface area contributed by atoms with Gasteiger partial charge < -0.3 is 18.9 Å². The van der Waals surface area contributed by atoms with Gasteiger partial charge in [-0.1, -0.05) is 25.3 Å². The third-order valence-electron chi connectivity index (χ3n) is 2.82. The zero-order valence-electron chi connectivity index (χ0n) is 14.0. The van der Waals surface area contributed by atoms with Crippen LogP contribution in [0.25, 0.3) is 0 Å². The van der Waals surface area contributed by atoms with E-state index in [0.29, 0.717) is 0 Å². The van der Waals surface area contributed by atoms with Crippen LogP contribution >= 0.6 is 0 Å². The Hall–Kier alpha value is -3.42. The number of carbonyl (C=O) groups excluding carboxylic acids is 4. The maximum atomic E-state index is 12.1. The molecule has 1 aromatic carbocycles. The zero-order chi connectivity index (χ0) is 19.4. The quantitative estimate of drug-likeness (QED) is 0.267. The molecule has 0 heterocycles. The average molecular weight is 362 g/mol. The van der Waals surface area contributed by atoms with Crippen LogP contribution in [0, 0.1) is 0 Å². The smallest absolute Gasteiger partial charge is 0.339 e. The summed E-state index contributed by atoms with van der Waals surface area (Å²) < 4.78 is 19.2. The van der Waals surface area contributed by atoms with Crippen molar-refractivity contribution < 1.29 is 38.1 Å². The van der Waals surface area contributed by atoms with Crippen LogP contribution in [-0.4, -0.2) is 50.3 Å². The summed E-state index contributed by atoms with van der Waals surface area (Å²) in [6, 6.07) is 5.90. The predicted molar refractivity (Wildman–Crippen MR) is 89.3 cm³/mol. The van der Waals surface area contributed by atoms with Crippen LogP contribution < -0.4 is 0 Å². The molecule has 0 saturated carbocycles. The van der Waals surface area contributed by atoms with Gasteiger partial charge in [0.25, 0.3) is 0 Å². The molecule has 0 unspecified atom stereocenters. The van der Waals surface area contributed by atoms with Crippen LogP contribution in [0.2, 0.25) is 0 Å². The lowest BCUT2D eigenvalue weighted by atomic mass is 10.1. The number of carbonyl (C=O) groups is 4. The van der Waals surface area contributed by atoms with E-state index >= 15 is 0 Å². The number of hydrogen-bond acceptors (Lipinski definition) is 8. The van der Waals surface area contributed by atoms with E-state index in [1.807, 2.05) is 0 Å². The van der Waals surface area contributed by atoms with Gasteiger partial charge in [-0.3, -0.25) is 0 Å². The number of benzene rings is 1. The Morgan fingerprint density at radius 3 is 1.38 bits per heavy atom. The summed E-state index contributed by atoms with van der Waals surface area (Å²) in [7, 11) is 0. The summed E-state index contributed by atoms with van der Waals surface area (Å²) in [4.78, 5) is 45.9. The second-order valence-corrected chi connectivity index (χ2v) is 4.56. The summed E-state index contributed by atoms with van der Waals surface area (Å²) in [5.74, 6) is -2.82. The van der Waals surface area contributed by atoms with Gasteiger partial charge in [0.15, 0.2) is 0 Å². The number of rotatable bonds is 10. The third-order valence-corrected chi connectivity index (χ3v) is 2.82. The van der Waals surface area contributed by atoms with Crippen molar-refractivity contribution in [2.45, 2.75) is 0 Å². The summed E-state index contributed by atoms with van der Waals surface area (Å²) in [5.41, 5.74) is -0.00809. The normalized spacial score (nSPS) is 9.54. The minimum atomic E-state index is -0.773. The van der Waals surface area contributed by atoms with Gasteiger partial charge in [0, 0.05) is 12.2 Å². The van der Waals surface area contributed by atoms with Gasteiger partial charge in [-0.25, -0.2) is 19.2 Å². The molecule has 8 nitrogen and oxygen atoms in total. The van der Waals surface area contributed by atoms with E-state index in [2.05, 4.69) is 22.6 Å². The summed E-state index contributed by atoms with van der Waals surface area (Å²) in [6.45, 7) is 5.82. The van der Waals surface area contributed by atoms with E-state index in [0.717, 1.165) is 12.2 Å². The molecular formula is C18H18O8. The Balaban J connectivity index is 2.57. The highest BCUT2D eigenvalue weighted by Gasteiger charge is 2.19. The second kappa shape index (κ2) is 11.2. The van der Waals surface area contributed by atoms with Crippen molar-refractivity contribution >= 4 is 23.9 Å². The van der Waals surface area contributed by atoms with Crippen molar-refractivity contribution in [3.8, 4) is 0 Å². The van der Waals surface area contributed by atoms with Crippen molar-refractivity contribution in [1.29, 1.82) is 0 Å². The maximum Gasteiger partial charge on any atom is 0.339 e. The minimum Gasteiger partial charge on any atom is -0.459 e. The molecule has 0 aliphatic carbocycles. The first-order valence-corrected chi connectivity index (χ1v) is 7.51. The van der Waals surface area contributed by atoms with Crippen LogP contribution in [0.4, 0.5) is 0 Å². The van der Waals surface area contributed by atoms with Crippen molar-refractivity contribution in [2.75, 3.05) is 26.4 Å². The van der Waals surface area contributed by atoms with E-state index in [-0.39, 0.29) is 37.6 Å². The van der Waals surface area contributed by atoms with Gasteiger partial charge in [0.05, 0.1) is 11.1 Å². The molecule has 0 N–H and O–H groups in total. The van der Waals surface area contributed by atoms with Crippen LogP contribution in [0.5, 0.6) is 0 Å². The van der Waals surface area contributed by atoms with E-state index < -0.39 is 23.9 Å². The summed E-state index contributed by atoms with van der Waals surface area (Å²) >= 11 is 0. The Kier molecular flexibility index (Phi) is 8.88. The lowest BCUT2D eigenvalue weighted by Gasteiger charge is -2.10. The SMILES string of the molecule is C=CC(=O)OCCOC(=O)c1ccccc1C(=O)OCCOC(=O)C=C. The number of ether oxygens (including phenoxy) is 4. The molecule has 1 aromatic rings. The monoisotopic (exact) mass is 362 g/mol. The fourth-order valence-corrected chi connectivity index (χ4v) is 1.67. The first-order valence-electron chi connectivity index (χ1n) is 7.51. The molecule has 0 radical (unpaired) electrons. The molecule has 138 valence electrons. The first-order chi connectivity index (χ1) is 12.5. The van der Waals surface area contributed by atoms with Gasteiger partial charge in [-0.05, 0) is 12.1 Å². The highest BCUT2D eigenvalue weighted by atomic mass is 16.6. The molecule has 0 spiro atoms. The van der Waals surface area contributed by atoms with Crippen molar-refractivity contribution in [3.63, 3.8) is 0 Å². The van der Waals surface area contributed by atoms with Crippen molar-refractivity contribution in [2.24, 2.45) is 0 Å². The lowest BCUT2D eigenvalue weighted by Crippen LogP contribution is -2.18. The molecule has 0 aliphatic rings. The largest absolute Gasteiger partial charge is 0.459 e. The van der Waals surface area contributed by atoms with Crippen LogP contribution in [0.15, 0.2) is 49.6 Å². The van der Waals surface area contributed by atoms with Gasteiger partial charge >= 0.3 is 23.9 Å². The topological polar surface area (TPSA) is 105 Å². The van der Waals surface area contributed by atoms with Gasteiger partial charge in [-0.15, -0.1) is 0 Å². The van der Waals surface area contributed by atoms with Gasteiger partial charge in [0.1, 0.15) is 26.4 Å². The standard InChI is InChI=1S/C18H18O8/c1-3-15(19)23-9-11-25-17(21)13-7-5-6-8-14(13)18(22)26-12-10-24-16(20)4-2/h3-8H,1-2,9-12H2. The highest BCUT2D eigenvalue weighted by molar-refractivity contribution is 6.03. The molecule has 1 rings (SSSR count). The predicted octanol–water partition coefficient (Wildman–Crippen LogP) is 1.46. The number of esters is 4.